The predicted octanol–water partition coefficient (Wildman–Crippen LogP) is 5.66. The molecule has 2 atom stereocenters. The van der Waals surface area contributed by atoms with Crippen molar-refractivity contribution in [2.45, 2.75) is 27.6 Å². The molecule has 6 nitrogen and oxygen atoms in total. The zero-order valence-corrected chi connectivity index (χ0v) is 21.7. The zero-order valence-electron chi connectivity index (χ0n) is 20.1. The van der Waals surface area contributed by atoms with E-state index >= 15 is 17.6 Å². The fourth-order valence-corrected chi connectivity index (χ4v) is 7.92. The molecule has 4 N–H and O–H groups in total. The van der Waals surface area contributed by atoms with Gasteiger partial charge in [-0.1, -0.05) is 47.8 Å². The summed E-state index contributed by atoms with van der Waals surface area (Å²) in [5.41, 5.74) is 8.25. The number of hydrogen-bond acceptors (Lipinski definition) is 8. The third-order valence-corrected chi connectivity index (χ3v) is 10.0. The van der Waals surface area contributed by atoms with Crippen molar-refractivity contribution in [3.63, 3.8) is 0 Å². The third-order valence-electron chi connectivity index (χ3n) is 6.99. The van der Waals surface area contributed by atoms with E-state index in [1.165, 1.54) is 48.5 Å². The zero-order chi connectivity index (χ0) is 28.2. The van der Waals surface area contributed by atoms with Gasteiger partial charge in [-0.2, -0.15) is 26.3 Å². The number of rotatable bonds is 4. The normalized spacial score (nSPS) is 29.6. The maximum Gasteiger partial charge on any atom is 0.380 e. The molecule has 1 fully saturated rings. The molecule has 0 bridgehead atoms. The molecule has 0 amide bonds. The number of aliphatic imine (C=N–C) groups is 2. The number of anilines is 2. The van der Waals surface area contributed by atoms with Crippen LogP contribution >= 0.6 is 23.5 Å². The second-order valence-corrected chi connectivity index (χ2v) is 11.4. The van der Waals surface area contributed by atoms with Crippen molar-refractivity contribution < 1.29 is 35.8 Å². The number of nitrogens with two attached hydrogens (primary N) is 2. The van der Waals surface area contributed by atoms with E-state index in [1.807, 2.05) is 0 Å². The van der Waals surface area contributed by atoms with Crippen LogP contribution in [0.4, 0.5) is 37.7 Å². The van der Waals surface area contributed by atoms with E-state index in [9.17, 15) is 8.78 Å². The molecule has 2 aromatic carbocycles. The Labute approximate surface area is 226 Å². The summed E-state index contributed by atoms with van der Waals surface area (Å²) in [6.07, 6.45) is 0. The Hall–Kier alpha value is -2.94. The lowest BCUT2D eigenvalue weighted by Crippen LogP contribution is -2.55. The number of fused-ring (bicyclic) bond motifs is 4. The van der Waals surface area contributed by atoms with Gasteiger partial charge in [-0.3, -0.25) is 0 Å². The third kappa shape index (κ3) is 3.05. The van der Waals surface area contributed by atoms with Crippen molar-refractivity contribution in [2.75, 3.05) is 25.7 Å². The number of allylic oxidation sites excluding steroid dienone is 2. The molecule has 0 radical (unpaired) electrons. The maximum absolute atomic E-state index is 15.4. The highest BCUT2D eigenvalue weighted by Gasteiger charge is 2.86. The van der Waals surface area contributed by atoms with Crippen LogP contribution in [-0.2, 0) is 9.47 Å². The van der Waals surface area contributed by atoms with E-state index in [0.29, 0.717) is 22.5 Å². The largest absolute Gasteiger partial charge is 0.399 e. The lowest BCUT2D eigenvalue weighted by Gasteiger charge is -2.46. The van der Waals surface area contributed by atoms with Crippen molar-refractivity contribution in [1.29, 1.82) is 0 Å². The summed E-state index contributed by atoms with van der Waals surface area (Å²) in [6, 6.07) is 12.3. The van der Waals surface area contributed by atoms with Crippen LogP contribution in [0.3, 0.4) is 0 Å². The number of nitrogens with zero attached hydrogens (tertiary/aromatic N) is 2. The lowest BCUT2D eigenvalue weighted by atomic mass is 9.87. The smallest absolute Gasteiger partial charge is 0.380 e. The van der Waals surface area contributed by atoms with Gasteiger partial charge in [-0.05, 0) is 24.3 Å². The van der Waals surface area contributed by atoms with Crippen LogP contribution in [0.1, 0.15) is 11.1 Å². The van der Waals surface area contributed by atoms with Crippen molar-refractivity contribution in [2.24, 2.45) is 9.98 Å². The molecule has 0 saturated heterocycles. The van der Waals surface area contributed by atoms with Crippen LogP contribution in [0, 0.1) is 0 Å². The quantitative estimate of drug-likeness (QED) is 0.356. The molecule has 2 aliphatic carbocycles. The summed E-state index contributed by atoms with van der Waals surface area (Å²) in [7, 11) is 2.28. The maximum atomic E-state index is 15.4. The lowest BCUT2D eigenvalue weighted by molar-refractivity contribution is -0.258. The van der Waals surface area contributed by atoms with E-state index in [0.717, 1.165) is 37.7 Å². The second kappa shape index (κ2) is 8.05. The average Bonchev–Trinajstić information content (AvgIpc) is 3.51. The number of benzene rings is 2. The van der Waals surface area contributed by atoms with Crippen molar-refractivity contribution >= 4 is 45.0 Å². The van der Waals surface area contributed by atoms with E-state index in [-0.39, 0.29) is 10.1 Å². The molecular formula is C25H18F6N4O2S2. The Morgan fingerprint density at radius 2 is 0.949 bits per heavy atom. The molecule has 14 heteroatoms. The minimum absolute atomic E-state index is 0.0623. The first-order chi connectivity index (χ1) is 18.3. The highest BCUT2D eigenvalue weighted by Crippen LogP contribution is 2.73. The van der Waals surface area contributed by atoms with Gasteiger partial charge in [0.1, 0.15) is 10.1 Å². The van der Waals surface area contributed by atoms with Crippen molar-refractivity contribution in [1.82, 2.24) is 0 Å². The molecule has 2 aromatic rings. The minimum atomic E-state index is -5.78. The SMILES string of the molecule is COC12SC(c3ccc(N)cc3)=NC1=C1C(=C3N=C(c4ccc(N)cc4)SC32OC)C(F)(F)C(F)(F)C1(F)F. The first kappa shape index (κ1) is 26.3. The highest BCUT2D eigenvalue weighted by molar-refractivity contribution is 8.19. The molecule has 2 heterocycles. The Kier molecular flexibility index (Phi) is 5.43. The number of halogens is 6. The molecule has 2 unspecified atom stereocenters. The van der Waals surface area contributed by atoms with Gasteiger partial charge >= 0.3 is 17.8 Å². The van der Waals surface area contributed by atoms with Gasteiger partial charge in [0.25, 0.3) is 0 Å². The van der Waals surface area contributed by atoms with Gasteiger partial charge in [0.2, 0.25) is 9.87 Å². The van der Waals surface area contributed by atoms with Gasteiger partial charge in [0, 0.05) is 36.7 Å². The van der Waals surface area contributed by atoms with E-state index in [4.69, 9.17) is 20.9 Å². The summed E-state index contributed by atoms with van der Waals surface area (Å²) in [5, 5.41) is 0.125. The summed E-state index contributed by atoms with van der Waals surface area (Å²) >= 11 is 1.57. The number of ether oxygens (including phenoxy) is 2. The van der Waals surface area contributed by atoms with Crippen molar-refractivity contribution in [3.8, 4) is 0 Å². The molecule has 39 heavy (non-hydrogen) atoms. The van der Waals surface area contributed by atoms with Gasteiger partial charge in [0.05, 0.1) is 22.5 Å². The van der Waals surface area contributed by atoms with Crippen LogP contribution in [0.2, 0.25) is 0 Å². The number of nitrogen functional groups attached to an aromatic ring is 2. The summed E-state index contributed by atoms with van der Waals surface area (Å²) in [5.74, 6) is -16.4. The van der Waals surface area contributed by atoms with Crippen LogP contribution < -0.4 is 11.5 Å². The van der Waals surface area contributed by atoms with E-state index in [2.05, 4.69) is 9.98 Å². The van der Waals surface area contributed by atoms with Crippen LogP contribution in [0.25, 0.3) is 0 Å². The molecule has 204 valence electrons. The van der Waals surface area contributed by atoms with Gasteiger partial charge in [-0.15, -0.1) is 0 Å². The molecule has 6 rings (SSSR count). The Bertz CT molecular complexity index is 1430. The van der Waals surface area contributed by atoms with Gasteiger partial charge in [0.15, 0.2) is 0 Å². The fourth-order valence-electron chi connectivity index (χ4n) is 5.06. The predicted molar refractivity (Wildman–Crippen MR) is 138 cm³/mol. The summed E-state index contributed by atoms with van der Waals surface area (Å²) in [4.78, 5) is 4.27. The minimum Gasteiger partial charge on any atom is -0.399 e. The standard InChI is InChI=1S/C25H18F6N4O2S2/c1-36-23-17(34-19(38-23)11-3-7-13(32)8-4-11)15-16(22(28,29)25(30,31)21(15,26)27)18-24(23,37-2)39-20(35-18)12-5-9-14(33)10-6-12/h3-10H,32-33H2,1-2H3. The van der Waals surface area contributed by atoms with Crippen molar-refractivity contribution in [3.05, 3.63) is 82.2 Å². The summed E-state index contributed by atoms with van der Waals surface area (Å²) < 4.78 is 103. The van der Waals surface area contributed by atoms with Crippen LogP contribution in [0.15, 0.2) is 81.1 Å². The number of hydrogen-bond donors (Lipinski definition) is 2. The monoisotopic (exact) mass is 584 g/mol. The first-order valence-corrected chi connectivity index (χ1v) is 12.9. The van der Waals surface area contributed by atoms with Crippen LogP contribution in [-0.4, -0.2) is 51.9 Å². The molecule has 2 aliphatic heterocycles. The topological polar surface area (TPSA) is 95.2 Å². The highest BCUT2D eigenvalue weighted by atomic mass is 32.2. The van der Waals surface area contributed by atoms with E-state index < -0.39 is 50.2 Å². The Morgan fingerprint density at radius 3 is 1.26 bits per heavy atom. The molecule has 0 aromatic heterocycles. The average molecular weight is 585 g/mol. The second-order valence-electron chi connectivity index (χ2n) is 9.09. The Balaban J connectivity index is 1.69. The van der Waals surface area contributed by atoms with Gasteiger partial charge < -0.3 is 20.9 Å². The Morgan fingerprint density at radius 1 is 0.615 bits per heavy atom. The van der Waals surface area contributed by atoms with Crippen LogP contribution in [0.5, 0.6) is 0 Å². The van der Waals surface area contributed by atoms with Gasteiger partial charge in [-0.25, -0.2) is 9.98 Å². The first-order valence-electron chi connectivity index (χ1n) is 11.3. The molecular weight excluding hydrogens is 566 g/mol. The van der Waals surface area contributed by atoms with E-state index in [1.54, 1.807) is 0 Å². The molecule has 1 saturated carbocycles. The molecule has 0 spiro atoms. The number of alkyl halides is 6. The number of thioether (sulfide) groups is 2. The molecule has 4 aliphatic rings. The number of methoxy groups -OCH3 is 2. The fraction of sp³-hybridized carbons (Fsp3) is 0.280. The summed E-state index contributed by atoms with van der Waals surface area (Å²) in [6.45, 7) is 0.